The molecule has 0 aliphatic rings. The van der Waals surface area contributed by atoms with E-state index in [4.69, 9.17) is 16.3 Å². The van der Waals surface area contributed by atoms with Crippen LogP contribution in [-0.2, 0) is 0 Å². The van der Waals surface area contributed by atoms with Gasteiger partial charge >= 0.3 is 0 Å². The number of H-pyrrole nitrogens is 1. The average Bonchev–Trinajstić information content (AvgIpc) is 2.95. The van der Waals surface area contributed by atoms with E-state index in [0.717, 1.165) is 16.5 Å². The van der Waals surface area contributed by atoms with E-state index in [1.807, 2.05) is 50.2 Å². The van der Waals surface area contributed by atoms with Gasteiger partial charge in [-0.15, -0.1) is 0 Å². The van der Waals surface area contributed by atoms with E-state index in [9.17, 15) is 4.79 Å². The van der Waals surface area contributed by atoms with Gasteiger partial charge in [0.15, 0.2) is 5.75 Å². The van der Waals surface area contributed by atoms with Gasteiger partial charge < -0.3 is 9.72 Å². The van der Waals surface area contributed by atoms with Crippen LogP contribution in [0.2, 0.25) is 5.02 Å². The number of halogens is 1. The third-order valence-electron chi connectivity index (χ3n) is 3.49. The first-order valence-electron chi connectivity index (χ1n) is 7.91. The van der Waals surface area contributed by atoms with E-state index in [1.165, 1.54) is 0 Å². The fourth-order valence-electron chi connectivity index (χ4n) is 2.40. The van der Waals surface area contributed by atoms with Gasteiger partial charge in [0, 0.05) is 15.9 Å². The van der Waals surface area contributed by atoms with Crippen molar-refractivity contribution in [2.45, 2.75) is 20.0 Å². The third kappa shape index (κ3) is 4.00. The summed E-state index contributed by atoms with van der Waals surface area (Å²) >= 11 is 5.84. The number of hydrazone groups is 1. The van der Waals surface area contributed by atoms with Crippen molar-refractivity contribution in [2.24, 2.45) is 5.10 Å². The molecule has 5 nitrogen and oxygen atoms in total. The quantitative estimate of drug-likeness (QED) is 0.527. The van der Waals surface area contributed by atoms with Crippen molar-refractivity contribution in [1.82, 2.24) is 10.4 Å². The molecule has 0 radical (unpaired) electrons. The minimum atomic E-state index is -0.364. The fourth-order valence-corrected chi connectivity index (χ4v) is 2.53. The number of carbonyl (C=O) groups excluding carboxylic acids is 1. The molecule has 0 aliphatic carbocycles. The van der Waals surface area contributed by atoms with Crippen molar-refractivity contribution in [3.8, 4) is 5.75 Å². The monoisotopic (exact) mass is 355 g/mol. The Morgan fingerprint density at radius 2 is 1.92 bits per heavy atom. The molecule has 2 N–H and O–H groups in total. The maximum absolute atomic E-state index is 12.5. The third-order valence-corrected chi connectivity index (χ3v) is 3.74. The van der Waals surface area contributed by atoms with Crippen LogP contribution >= 0.6 is 11.6 Å². The Labute approximate surface area is 150 Å². The van der Waals surface area contributed by atoms with Gasteiger partial charge in [-0.1, -0.05) is 35.9 Å². The lowest BCUT2D eigenvalue weighted by atomic mass is 10.2. The van der Waals surface area contributed by atoms with Crippen molar-refractivity contribution < 1.29 is 9.53 Å². The predicted octanol–water partition coefficient (Wildman–Crippen LogP) is 4.37. The number of rotatable bonds is 5. The minimum Gasteiger partial charge on any atom is -0.488 e. The zero-order valence-electron chi connectivity index (χ0n) is 13.9. The molecule has 3 rings (SSSR count). The first kappa shape index (κ1) is 17.0. The summed E-state index contributed by atoms with van der Waals surface area (Å²) in [6.45, 7) is 3.84. The van der Waals surface area contributed by atoms with Gasteiger partial charge in [0.25, 0.3) is 5.91 Å². The number of hydrogen-bond acceptors (Lipinski definition) is 3. The van der Waals surface area contributed by atoms with Crippen LogP contribution in [0.15, 0.2) is 53.6 Å². The topological polar surface area (TPSA) is 66.5 Å². The molecule has 0 aliphatic heterocycles. The molecule has 1 amide bonds. The number of para-hydroxylation sites is 1. The van der Waals surface area contributed by atoms with Gasteiger partial charge in [0.05, 0.1) is 12.3 Å². The summed E-state index contributed by atoms with van der Waals surface area (Å²) in [5, 5.41) is 5.51. The number of fused-ring (bicyclic) bond motifs is 1. The second-order valence-corrected chi connectivity index (χ2v) is 6.23. The zero-order valence-corrected chi connectivity index (χ0v) is 14.7. The Morgan fingerprint density at radius 1 is 1.20 bits per heavy atom. The molecule has 25 heavy (non-hydrogen) atoms. The summed E-state index contributed by atoms with van der Waals surface area (Å²) in [7, 11) is 0. The van der Waals surface area contributed by atoms with Gasteiger partial charge in [0.1, 0.15) is 5.69 Å². The molecule has 0 spiro atoms. The summed E-state index contributed by atoms with van der Waals surface area (Å²) in [6.07, 6.45) is 1.50. The molecule has 0 bridgehead atoms. The fraction of sp³-hybridized carbons (Fsp3) is 0.158. The van der Waals surface area contributed by atoms with Crippen LogP contribution < -0.4 is 10.2 Å². The Balaban J connectivity index is 1.82. The summed E-state index contributed by atoms with van der Waals surface area (Å²) in [6, 6.07) is 14.8. The number of ether oxygens (including phenoxy) is 1. The lowest BCUT2D eigenvalue weighted by Gasteiger charge is -2.10. The smallest absolute Gasteiger partial charge is 0.291 e. The molecule has 6 heteroatoms. The lowest BCUT2D eigenvalue weighted by Crippen LogP contribution is -2.20. The lowest BCUT2D eigenvalue weighted by molar-refractivity contribution is 0.0945. The molecular weight excluding hydrogens is 338 g/mol. The Hall–Kier alpha value is -2.79. The zero-order chi connectivity index (χ0) is 17.8. The van der Waals surface area contributed by atoms with Crippen molar-refractivity contribution in [3.63, 3.8) is 0 Å². The van der Waals surface area contributed by atoms with Crippen molar-refractivity contribution >= 4 is 34.6 Å². The summed E-state index contributed by atoms with van der Waals surface area (Å²) < 4.78 is 5.84. The average molecular weight is 356 g/mol. The largest absolute Gasteiger partial charge is 0.488 e. The van der Waals surface area contributed by atoms with Crippen LogP contribution in [-0.4, -0.2) is 23.2 Å². The molecular formula is C19H18ClN3O2. The Kier molecular flexibility index (Phi) is 5.05. The molecule has 0 atom stereocenters. The number of amides is 1. The number of hydrogen-bond donors (Lipinski definition) is 2. The maximum Gasteiger partial charge on any atom is 0.291 e. The maximum atomic E-state index is 12.5. The molecule has 1 heterocycles. The highest BCUT2D eigenvalue weighted by molar-refractivity contribution is 6.30. The molecule has 2 aromatic carbocycles. The second kappa shape index (κ2) is 7.40. The Morgan fingerprint density at radius 3 is 2.64 bits per heavy atom. The SMILES string of the molecule is CC(C)Oc1c(C(=O)N/N=C\c2ccc(Cl)cc2)[nH]c2ccccc12. The van der Waals surface area contributed by atoms with Gasteiger partial charge in [-0.05, 0) is 43.7 Å². The van der Waals surface area contributed by atoms with Crippen molar-refractivity contribution in [1.29, 1.82) is 0 Å². The molecule has 1 aromatic heterocycles. The molecule has 0 saturated carbocycles. The van der Waals surface area contributed by atoms with Crippen LogP contribution in [0.25, 0.3) is 10.9 Å². The van der Waals surface area contributed by atoms with Crippen LogP contribution in [0.5, 0.6) is 5.75 Å². The predicted molar refractivity (Wildman–Crippen MR) is 101 cm³/mol. The van der Waals surface area contributed by atoms with Crippen LogP contribution in [0, 0.1) is 0 Å². The van der Waals surface area contributed by atoms with Gasteiger partial charge in [-0.25, -0.2) is 5.43 Å². The van der Waals surface area contributed by atoms with Crippen molar-refractivity contribution in [2.75, 3.05) is 0 Å². The molecule has 128 valence electrons. The second-order valence-electron chi connectivity index (χ2n) is 5.79. The minimum absolute atomic E-state index is 0.0525. The van der Waals surface area contributed by atoms with Crippen molar-refractivity contribution in [3.05, 3.63) is 64.8 Å². The van der Waals surface area contributed by atoms with E-state index in [1.54, 1.807) is 18.3 Å². The van der Waals surface area contributed by atoms with Crippen LogP contribution in [0.4, 0.5) is 0 Å². The number of nitrogens with zero attached hydrogens (tertiary/aromatic N) is 1. The summed E-state index contributed by atoms with van der Waals surface area (Å²) in [5.74, 6) is 0.168. The molecule has 3 aromatic rings. The van der Waals surface area contributed by atoms with E-state index in [-0.39, 0.29) is 12.0 Å². The Bertz CT molecular complexity index is 914. The first-order chi connectivity index (χ1) is 12.0. The van der Waals surface area contributed by atoms with E-state index in [0.29, 0.717) is 16.5 Å². The van der Waals surface area contributed by atoms with Gasteiger partial charge in [0.2, 0.25) is 0 Å². The molecule has 0 saturated heterocycles. The first-order valence-corrected chi connectivity index (χ1v) is 8.28. The highest BCUT2D eigenvalue weighted by Crippen LogP contribution is 2.30. The molecule has 0 fully saturated rings. The highest BCUT2D eigenvalue weighted by atomic mass is 35.5. The number of benzene rings is 2. The number of nitrogens with one attached hydrogen (secondary N) is 2. The number of aromatic amines is 1. The molecule has 0 unspecified atom stereocenters. The standard InChI is InChI=1S/C19H18ClN3O2/c1-12(2)25-18-15-5-3-4-6-16(15)22-17(18)19(24)23-21-11-13-7-9-14(20)10-8-13/h3-12,22H,1-2H3,(H,23,24)/b21-11-. The highest BCUT2D eigenvalue weighted by Gasteiger charge is 2.19. The summed E-state index contributed by atoms with van der Waals surface area (Å²) in [5.41, 5.74) is 4.54. The van der Waals surface area contributed by atoms with E-state index in [2.05, 4.69) is 15.5 Å². The summed E-state index contributed by atoms with van der Waals surface area (Å²) in [4.78, 5) is 15.6. The van der Waals surface area contributed by atoms with Crippen LogP contribution in [0.3, 0.4) is 0 Å². The van der Waals surface area contributed by atoms with E-state index < -0.39 is 0 Å². The van der Waals surface area contributed by atoms with Gasteiger partial charge in [-0.2, -0.15) is 5.10 Å². The normalized spacial score (nSPS) is 11.4. The number of carbonyl (C=O) groups is 1. The number of aromatic nitrogens is 1. The van der Waals surface area contributed by atoms with Gasteiger partial charge in [-0.3, -0.25) is 4.79 Å². The van der Waals surface area contributed by atoms with Crippen LogP contribution in [0.1, 0.15) is 29.9 Å². The van der Waals surface area contributed by atoms with E-state index >= 15 is 0 Å².